The third-order valence-electron chi connectivity index (χ3n) is 5.85. The summed E-state index contributed by atoms with van der Waals surface area (Å²) in [4.78, 5) is 21.3. The van der Waals surface area contributed by atoms with Crippen molar-refractivity contribution < 1.29 is 18.3 Å². The van der Waals surface area contributed by atoms with Crippen LogP contribution in [0.25, 0.3) is 10.9 Å². The van der Waals surface area contributed by atoms with Crippen LogP contribution in [0.2, 0.25) is 0 Å². The van der Waals surface area contributed by atoms with Crippen LogP contribution in [0.15, 0.2) is 35.3 Å². The van der Waals surface area contributed by atoms with Crippen LogP contribution in [0.3, 0.4) is 0 Å². The maximum atomic E-state index is 13.3. The molecule has 0 radical (unpaired) electrons. The van der Waals surface area contributed by atoms with Crippen molar-refractivity contribution in [2.24, 2.45) is 0 Å². The Kier molecular flexibility index (Phi) is 5.25. The Morgan fingerprint density at radius 3 is 2.58 bits per heavy atom. The van der Waals surface area contributed by atoms with E-state index >= 15 is 0 Å². The van der Waals surface area contributed by atoms with Crippen molar-refractivity contribution in [1.29, 1.82) is 0 Å². The molecule has 1 aliphatic carbocycles. The summed E-state index contributed by atoms with van der Waals surface area (Å²) in [7, 11) is 0. The predicted molar refractivity (Wildman–Crippen MR) is 111 cm³/mol. The number of aryl methyl sites for hydroxylation is 1. The molecule has 1 fully saturated rings. The van der Waals surface area contributed by atoms with Gasteiger partial charge in [-0.05, 0) is 50.8 Å². The number of pyridine rings is 1. The molecule has 0 spiro atoms. The molecular weight excluding hydrogens is 409 g/mol. The highest BCUT2D eigenvalue weighted by Gasteiger charge is 2.33. The first kappa shape index (κ1) is 21.3. The summed E-state index contributed by atoms with van der Waals surface area (Å²) >= 11 is 0. The SMILES string of the molecule is Cc1nc(N[C@H](C)c2cccc(C(F)(F)F)c2C)c2cn(C3CC(O)C3)c(=O)cc2n1. The van der Waals surface area contributed by atoms with Gasteiger partial charge in [0.15, 0.2) is 0 Å². The molecule has 6 nitrogen and oxygen atoms in total. The van der Waals surface area contributed by atoms with E-state index in [9.17, 15) is 23.1 Å². The fraction of sp³-hybridized carbons (Fsp3) is 0.409. The fourth-order valence-electron chi connectivity index (χ4n) is 4.13. The molecule has 1 saturated carbocycles. The predicted octanol–water partition coefficient (Wildman–Crippen LogP) is 4.30. The minimum absolute atomic E-state index is 0.0933. The lowest BCUT2D eigenvalue weighted by atomic mass is 9.89. The second kappa shape index (κ2) is 7.64. The van der Waals surface area contributed by atoms with E-state index in [2.05, 4.69) is 15.3 Å². The molecule has 2 N–H and O–H groups in total. The van der Waals surface area contributed by atoms with Crippen molar-refractivity contribution in [3.63, 3.8) is 0 Å². The summed E-state index contributed by atoms with van der Waals surface area (Å²) in [6.07, 6.45) is -2.17. The third kappa shape index (κ3) is 4.01. The van der Waals surface area contributed by atoms with Crippen LogP contribution in [0.4, 0.5) is 19.0 Å². The lowest BCUT2D eigenvalue weighted by Crippen LogP contribution is -2.36. The van der Waals surface area contributed by atoms with Gasteiger partial charge in [-0.1, -0.05) is 12.1 Å². The van der Waals surface area contributed by atoms with Crippen molar-refractivity contribution in [1.82, 2.24) is 14.5 Å². The summed E-state index contributed by atoms with van der Waals surface area (Å²) < 4.78 is 41.5. The number of nitrogens with one attached hydrogen (secondary N) is 1. The number of hydrogen-bond donors (Lipinski definition) is 2. The van der Waals surface area contributed by atoms with Gasteiger partial charge in [0.1, 0.15) is 11.6 Å². The summed E-state index contributed by atoms with van der Waals surface area (Å²) in [5, 5.41) is 13.4. The summed E-state index contributed by atoms with van der Waals surface area (Å²) in [5.74, 6) is 0.889. The molecule has 31 heavy (non-hydrogen) atoms. The van der Waals surface area contributed by atoms with Gasteiger partial charge in [-0.15, -0.1) is 0 Å². The van der Waals surface area contributed by atoms with Gasteiger partial charge in [0.2, 0.25) is 0 Å². The Bertz CT molecular complexity index is 1200. The van der Waals surface area contributed by atoms with E-state index in [1.807, 2.05) is 0 Å². The average molecular weight is 432 g/mol. The van der Waals surface area contributed by atoms with E-state index in [-0.39, 0.29) is 17.2 Å². The van der Waals surface area contributed by atoms with Gasteiger partial charge in [-0.2, -0.15) is 13.2 Å². The monoisotopic (exact) mass is 432 g/mol. The molecular formula is C22H23F3N4O2. The second-order valence-electron chi connectivity index (χ2n) is 8.10. The molecule has 0 aliphatic heterocycles. The van der Waals surface area contributed by atoms with Gasteiger partial charge < -0.3 is 15.0 Å². The first-order chi connectivity index (χ1) is 14.5. The molecule has 164 valence electrons. The molecule has 1 aliphatic rings. The Hall–Kier alpha value is -2.94. The molecule has 1 atom stereocenters. The van der Waals surface area contributed by atoms with Crippen LogP contribution < -0.4 is 10.9 Å². The fourth-order valence-corrected chi connectivity index (χ4v) is 4.13. The average Bonchev–Trinajstić information content (AvgIpc) is 2.64. The minimum Gasteiger partial charge on any atom is -0.393 e. The minimum atomic E-state index is -4.43. The van der Waals surface area contributed by atoms with Gasteiger partial charge in [0.25, 0.3) is 5.56 Å². The summed E-state index contributed by atoms with van der Waals surface area (Å²) in [5.41, 5.74) is 0.249. The highest BCUT2D eigenvalue weighted by atomic mass is 19.4. The van der Waals surface area contributed by atoms with E-state index in [1.165, 1.54) is 19.1 Å². The Morgan fingerprint density at radius 1 is 1.23 bits per heavy atom. The normalized spacial score (nSPS) is 19.8. The number of aliphatic hydroxyl groups is 1. The molecule has 9 heteroatoms. The second-order valence-corrected chi connectivity index (χ2v) is 8.10. The zero-order chi connectivity index (χ0) is 22.5. The van der Waals surface area contributed by atoms with E-state index in [4.69, 9.17) is 0 Å². The van der Waals surface area contributed by atoms with Gasteiger partial charge in [0.05, 0.1) is 28.6 Å². The van der Waals surface area contributed by atoms with Crippen LogP contribution in [-0.2, 0) is 6.18 Å². The number of halogens is 3. The Labute approximate surface area is 176 Å². The number of anilines is 1. The third-order valence-corrected chi connectivity index (χ3v) is 5.85. The summed E-state index contributed by atoms with van der Waals surface area (Å²) in [6, 6.07) is 4.99. The first-order valence-corrected chi connectivity index (χ1v) is 10.1. The molecule has 2 heterocycles. The van der Waals surface area contributed by atoms with E-state index in [0.29, 0.717) is 41.0 Å². The number of nitrogens with zero attached hydrogens (tertiary/aromatic N) is 3. The van der Waals surface area contributed by atoms with E-state index in [1.54, 1.807) is 30.7 Å². The number of aromatic nitrogens is 3. The van der Waals surface area contributed by atoms with Crippen LogP contribution in [0, 0.1) is 13.8 Å². The van der Waals surface area contributed by atoms with Gasteiger partial charge in [-0.25, -0.2) is 9.97 Å². The highest BCUT2D eigenvalue weighted by Crippen LogP contribution is 2.36. The van der Waals surface area contributed by atoms with E-state index < -0.39 is 23.9 Å². The lowest BCUT2D eigenvalue weighted by molar-refractivity contribution is -0.138. The maximum absolute atomic E-state index is 13.3. The number of benzene rings is 1. The molecule has 0 unspecified atom stereocenters. The zero-order valence-electron chi connectivity index (χ0n) is 17.4. The number of aliphatic hydroxyl groups excluding tert-OH is 1. The van der Waals surface area contributed by atoms with Crippen molar-refractivity contribution in [2.75, 3.05) is 5.32 Å². The maximum Gasteiger partial charge on any atom is 0.416 e. The topological polar surface area (TPSA) is 80.0 Å². The number of fused-ring (bicyclic) bond motifs is 1. The Balaban J connectivity index is 1.74. The lowest BCUT2D eigenvalue weighted by Gasteiger charge is -2.33. The molecule has 0 amide bonds. The molecule has 3 aromatic rings. The number of hydrogen-bond acceptors (Lipinski definition) is 5. The quantitative estimate of drug-likeness (QED) is 0.643. The van der Waals surface area contributed by atoms with Crippen molar-refractivity contribution in [2.45, 2.75) is 58.0 Å². The molecule has 1 aromatic carbocycles. The van der Waals surface area contributed by atoms with Crippen molar-refractivity contribution in [3.05, 3.63) is 63.3 Å². The highest BCUT2D eigenvalue weighted by molar-refractivity contribution is 5.88. The van der Waals surface area contributed by atoms with Crippen molar-refractivity contribution in [3.8, 4) is 0 Å². The molecule has 0 bridgehead atoms. The van der Waals surface area contributed by atoms with Crippen molar-refractivity contribution >= 4 is 16.7 Å². The zero-order valence-corrected chi connectivity index (χ0v) is 17.4. The molecule has 0 saturated heterocycles. The number of rotatable bonds is 4. The van der Waals surface area contributed by atoms with E-state index in [0.717, 1.165) is 6.07 Å². The largest absolute Gasteiger partial charge is 0.416 e. The summed E-state index contributed by atoms with van der Waals surface area (Å²) in [6.45, 7) is 4.92. The van der Waals surface area contributed by atoms with Crippen LogP contribution in [-0.4, -0.2) is 25.7 Å². The van der Waals surface area contributed by atoms with Crippen LogP contribution in [0.5, 0.6) is 0 Å². The van der Waals surface area contributed by atoms with Gasteiger partial charge in [0, 0.05) is 18.3 Å². The van der Waals surface area contributed by atoms with Gasteiger partial charge >= 0.3 is 6.18 Å². The first-order valence-electron chi connectivity index (χ1n) is 10.1. The Morgan fingerprint density at radius 2 is 1.94 bits per heavy atom. The smallest absolute Gasteiger partial charge is 0.393 e. The molecule has 4 rings (SSSR count). The number of alkyl halides is 3. The standard InChI is InChI=1S/C22H23F3N4O2/c1-11-16(5-4-6-18(11)22(23,24)25)12(2)26-21-17-10-29(14-7-15(30)8-14)20(31)9-19(17)27-13(3)28-21/h4-6,9-10,12,14-15,30H,7-8H2,1-3H3,(H,26,27,28)/t12-,14?,15?/m1/s1. The van der Waals surface area contributed by atoms with Crippen LogP contribution >= 0.6 is 0 Å². The van der Waals surface area contributed by atoms with Crippen LogP contribution in [0.1, 0.15) is 54.4 Å². The van der Waals surface area contributed by atoms with Gasteiger partial charge in [-0.3, -0.25) is 4.79 Å². The molecule has 2 aromatic heterocycles.